The summed E-state index contributed by atoms with van der Waals surface area (Å²) in [6.07, 6.45) is 1.63. The molecule has 1 rings (SSSR count). The predicted octanol–water partition coefficient (Wildman–Crippen LogP) is -0.107. The van der Waals surface area contributed by atoms with Gasteiger partial charge in [0.15, 0.2) is 0 Å². The zero-order valence-corrected chi connectivity index (χ0v) is 8.61. The lowest BCUT2D eigenvalue weighted by Gasteiger charge is -2.15. The van der Waals surface area contributed by atoms with Crippen LogP contribution in [-0.2, 0) is 4.74 Å². The fourth-order valence-electron chi connectivity index (χ4n) is 1.40. The van der Waals surface area contributed by atoms with Crippen LogP contribution in [0.15, 0.2) is 0 Å². The highest BCUT2D eigenvalue weighted by atomic mass is 16.6. The summed E-state index contributed by atoms with van der Waals surface area (Å²) < 4.78 is 5.04. The molecule has 5 nitrogen and oxygen atoms in total. The van der Waals surface area contributed by atoms with E-state index in [0.29, 0.717) is 19.7 Å². The van der Waals surface area contributed by atoms with Crippen molar-refractivity contribution in [3.63, 3.8) is 0 Å². The molecule has 4 N–H and O–H groups in total. The number of carbonyl (C=O) groups excluding carboxylic acids is 1. The number of carbonyl (C=O) groups is 1. The first-order valence-electron chi connectivity index (χ1n) is 5.08. The third-order valence-electron chi connectivity index (χ3n) is 2.39. The van der Waals surface area contributed by atoms with Crippen LogP contribution in [0.25, 0.3) is 0 Å². The van der Waals surface area contributed by atoms with Gasteiger partial charge in [-0.05, 0) is 6.42 Å². The molecule has 1 fully saturated rings. The number of hydrogen-bond acceptors (Lipinski definition) is 4. The van der Waals surface area contributed by atoms with Crippen molar-refractivity contribution in [1.82, 2.24) is 4.90 Å². The van der Waals surface area contributed by atoms with Crippen molar-refractivity contribution in [2.45, 2.75) is 31.8 Å². The third kappa shape index (κ3) is 2.85. The first-order valence-corrected chi connectivity index (χ1v) is 5.08. The maximum absolute atomic E-state index is 11.4. The van der Waals surface area contributed by atoms with Crippen LogP contribution >= 0.6 is 0 Å². The Labute approximate surface area is 84.4 Å². The largest absolute Gasteiger partial charge is 0.449 e. The van der Waals surface area contributed by atoms with Gasteiger partial charge >= 0.3 is 6.09 Å². The van der Waals surface area contributed by atoms with Gasteiger partial charge in [-0.3, -0.25) is 0 Å². The average molecular weight is 201 g/mol. The summed E-state index contributed by atoms with van der Waals surface area (Å²) in [5, 5.41) is 0. The van der Waals surface area contributed by atoms with Crippen LogP contribution in [0, 0.1) is 0 Å². The minimum atomic E-state index is -0.290. The molecule has 1 heterocycles. The smallest absolute Gasteiger partial charge is 0.409 e. The molecule has 1 saturated heterocycles. The lowest BCUT2D eigenvalue weighted by atomic mass is 10.2. The van der Waals surface area contributed by atoms with Crippen LogP contribution in [0.4, 0.5) is 4.79 Å². The molecule has 0 saturated carbocycles. The number of rotatable bonds is 3. The molecule has 0 aromatic carbocycles. The van der Waals surface area contributed by atoms with E-state index in [4.69, 9.17) is 16.2 Å². The van der Waals surface area contributed by atoms with Crippen LogP contribution in [0.3, 0.4) is 0 Å². The van der Waals surface area contributed by atoms with Crippen LogP contribution in [0.2, 0.25) is 0 Å². The molecule has 0 aliphatic carbocycles. The Balaban J connectivity index is 2.25. The highest BCUT2D eigenvalue weighted by molar-refractivity contribution is 5.68. The molecule has 0 unspecified atom stereocenters. The first-order chi connectivity index (χ1) is 6.65. The van der Waals surface area contributed by atoms with Crippen molar-refractivity contribution in [3.05, 3.63) is 0 Å². The molecular weight excluding hydrogens is 182 g/mol. The summed E-state index contributed by atoms with van der Waals surface area (Å²) in [6.45, 7) is 3.55. The van der Waals surface area contributed by atoms with E-state index in [1.165, 1.54) is 0 Å². The number of nitrogens with two attached hydrogens (primary N) is 2. The van der Waals surface area contributed by atoms with Gasteiger partial charge in [0.1, 0.15) is 0 Å². The molecule has 0 radical (unpaired) electrons. The number of ether oxygens (including phenoxy) is 1. The molecule has 1 aliphatic heterocycles. The molecule has 5 heteroatoms. The van der Waals surface area contributed by atoms with E-state index in [9.17, 15) is 4.79 Å². The minimum absolute atomic E-state index is 0.117. The molecule has 2 atom stereocenters. The van der Waals surface area contributed by atoms with Crippen molar-refractivity contribution < 1.29 is 9.53 Å². The van der Waals surface area contributed by atoms with E-state index in [-0.39, 0.29) is 18.2 Å². The molecule has 0 aromatic heterocycles. The van der Waals surface area contributed by atoms with Crippen molar-refractivity contribution >= 4 is 6.09 Å². The molecule has 14 heavy (non-hydrogen) atoms. The van der Waals surface area contributed by atoms with Gasteiger partial charge in [0.05, 0.1) is 6.61 Å². The first kappa shape index (κ1) is 11.3. The average Bonchev–Trinajstić information content (AvgIpc) is 2.47. The highest BCUT2D eigenvalue weighted by Crippen LogP contribution is 2.08. The van der Waals surface area contributed by atoms with Crippen LogP contribution < -0.4 is 11.5 Å². The SMILES string of the molecule is CCCCOC(=O)N1C[C@@H](N)[C@@H](N)C1. The van der Waals surface area contributed by atoms with Gasteiger partial charge in [-0.2, -0.15) is 0 Å². The lowest BCUT2D eigenvalue weighted by molar-refractivity contribution is 0.108. The van der Waals surface area contributed by atoms with Gasteiger partial charge < -0.3 is 21.1 Å². The Bertz CT molecular complexity index is 188. The van der Waals surface area contributed by atoms with Crippen LogP contribution in [0.5, 0.6) is 0 Å². The normalized spacial score (nSPS) is 26.6. The number of amides is 1. The molecule has 82 valence electrons. The Morgan fingerprint density at radius 3 is 2.50 bits per heavy atom. The number of nitrogens with zero attached hydrogens (tertiary/aromatic N) is 1. The standard InChI is InChI=1S/C9H19N3O2/c1-2-3-4-14-9(13)12-5-7(10)8(11)6-12/h7-8H,2-6,10-11H2,1H3/t7-,8+. The van der Waals surface area contributed by atoms with Gasteiger partial charge in [0.25, 0.3) is 0 Å². The second-order valence-electron chi connectivity index (χ2n) is 3.70. The lowest BCUT2D eigenvalue weighted by Crippen LogP contribution is -2.39. The summed E-state index contributed by atoms with van der Waals surface area (Å²) in [7, 11) is 0. The quantitative estimate of drug-likeness (QED) is 0.624. The van der Waals surface area contributed by atoms with E-state index in [1.54, 1.807) is 4.90 Å². The van der Waals surface area contributed by atoms with Crippen molar-refractivity contribution in [1.29, 1.82) is 0 Å². The van der Waals surface area contributed by atoms with Crippen molar-refractivity contribution in [2.75, 3.05) is 19.7 Å². The second kappa shape index (κ2) is 5.17. The zero-order chi connectivity index (χ0) is 10.6. The maximum atomic E-state index is 11.4. The van der Waals surface area contributed by atoms with E-state index in [2.05, 4.69) is 6.92 Å². The van der Waals surface area contributed by atoms with Crippen molar-refractivity contribution in [3.8, 4) is 0 Å². The Morgan fingerprint density at radius 1 is 1.43 bits per heavy atom. The fourth-order valence-corrected chi connectivity index (χ4v) is 1.40. The number of hydrogen-bond donors (Lipinski definition) is 2. The van der Waals surface area contributed by atoms with Gasteiger partial charge in [-0.1, -0.05) is 13.3 Å². The van der Waals surface area contributed by atoms with Gasteiger partial charge in [-0.15, -0.1) is 0 Å². The molecule has 0 aromatic rings. The zero-order valence-electron chi connectivity index (χ0n) is 8.61. The molecule has 0 bridgehead atoms. The summed E-state index contributed by atoms with van der Waals surface area (Å²) in [5.74, 6) is 0. The Hall–Kier alpha value is -0.810. The molecule has 1 amide bonds. The second-order valence-corrected chi connectivity index (χ2v) is 3.70. The van der Waals surface area contributed by atoms with E-state index >= 15 is 0 Å². The predicted molar refractivity (Wildman–Crippen MR) is 53.8 cm³/mol. The van der Waals surface area contributed by atoms with E-state index in [0.717, 1.165) is 12.8 Å². The Kier molecular flexibility index (Phi) is 4.16. The topological polar surface area (TPSA) is 81.6 Å². The van der Waals surface area contributed by atoms with Gasteiger partial charge in [0.2, 0.25) is 0 Å². The number of likely N-dealkylation sites (tertiary alicyclic amines) is 1. The highest BCUT2D eigenvalue weighted by Gasteiger charge is 2.30. The van der Waals surface area contributed by atoms with E-state index < -0.39 is 0 Å². The van der Waals surface area contributed by atoms with Gasteiger partial charge in [0, 0.05) is 25.2 Å². The molecule has 1 aliphatic rings. The summed E-state index contributed by atoms with van der Waals surface area (Å²) in [5.41, 5.74) is 11.4. The van der Waals surface area contributed by atoms with Crippen LogP contribution in [-0.4, -0.2) is 42.8 Å². The van der Waals surface area contributed by atoms with E-state index in [1.807, 2.05) is 0 Å². The summed E-state index contributed by atoms with van der Waals surface area (Å²) in [6, 6.07) is -0.234. The van der Waals surface area contributed by atoms with Gasteiger partial charge in [-0.25, -0.2) is 4.79 Å². The molecular formula is C9H19N3O2. The van der Waals surface area contributed by atoms with Crippen LogP contribution in [0.1, 0.15) is 19.8 Å². The fraction of sp³-hybridized carbons (Fsp3) is 0.889. The number of unbranched alkanes of at least 4 members (excludes halogenated alkanes) is 1. The minimum Gasteiger partial charge on any atom is -0.449 e. The summed E-state index contributed by atoms with van der Waals surface area (Å²) >= 11 is 0. The molecule has 0 spiro atoms. The Morgan fingerprint density at radius 2 is 2.00 bits per heavy atom. The van der Waals surface area contributed by atoms with Crippen molar-refractivity contribution in [2.24, 2.45) is 11.5 Å². The third-order valence-corrected chi connectivity index (χ3v) is 2.39. The summed E-state index contributed by atoms with van der Waals surface area (Å²) in [4.78, 5) is 13.0. The monoisotopic (exact) mass is 201 g/mol. The maximum Gasteiger partial charge on any atom is 0.409 e.